The zero-order valence-electron chi connectivity index (χ0n) is 19.9. The van der Waals surface area contributed by atoms with E-state index < -0.39 is 0 Å². The molecule has 3 aromatic heterocycles. The van der Waals surface area contributed by atoms with Gasteiger partial charge >= 0.3 is 0 Å². The first-order chi connectivity index (χ1) is 16.5. The summed E-state index contributed by atoms with van der Waals surface area (Å²) in [5.41, 5.74) is 1.27. The molecule has 3 heterocycles. The standard InChI is InChI=1S/C23H29N7O2.CH4O/c1-14-5-9-16(10-6-14)29-11-3-4-18(23(29)32)27-19-12-20(24-2)30-21(28-19)17(13-25-30)22(31)26-15-7-8-15;1-2/h3-4,11-16,24H,5-10H2,1-2H3,(H,26,31)(H,27,28);2H,1H3. The van der Waals surface area contributed by atoms with Gasteiger partial charge in [0, 0.05) is 38.5 Å². The molecule has 0 bridgehead atoms. The summed E-state index contributed by atoms with van der Waals surface area (Å²) in [5.74, 6) is 1.69. The van der Waals surface area contributed by atoms with E-state index in [1.54, 1.807) is 23.7 Å². The van der Waals surface area contributed by atoms with Crippen LogP contribution >= 0.6 is 0 Å². The first-order valence-corrected chi connectivity index (χ1v) is 11.8. The maximum atomic E-state index is 13.2. The predicted octanol–water partition coefficient (Wildman–Crippen LogP) is 2.93. The number of aliphatic hydroxyl groups is 1. The average molecular weight is 468 g/mol. The fraction of sp³-hybridized carbons (Fsp3) is 0.500. The van der Waals surface area contributed by atoms with Crippen molar-refractivity contribution in [2.75, 3.05) is 24.8 Å². The Labute approximate surface area is 198 Å². The smallest absolute Gasteiger partial charge is 0.274 e. The molecule has 2 fully saturated rings. The summed E-state index contributed by atoms with van der Waals surface area (Å²) in [4.78, 5) is 30.5. The van der Waals surface area contributed by atoms with Crippen molar-refractivity contribution in [3.8, 4) is 0 Å². The van der Waals surface area contributed by atoms with Crippen LogP contribution < -0.4 is 21.5 Å². The normalized spacial score (nSPS) is 19.8. The molecule has 182 valence electrons. The lowest BCUT2D eigenvalue weighted by atomic mass is 9.87. The molecule has 4 N–H and O–H groups in total. The SMILES string of the molecule is CNc1cc(Nc2cccn(C3CCC(C)CC3)c2=O)nc2c(C(=O)NC3CC3)cnn12.CO. The minimum Gasteiger partial charge on any atom is -0.400 e. The molecule has 0 atom stereocenters. The Hall–Kier alpha value is -3.40. The van der Waals surface area contributed by atoms with Crippen molar-refractivity contribution in [2.45, 2.75) is 57.5 Å². The van der Waals surface area contributed by atoms with Gasteiger partial charge in [0.15, 0.2) is 5.65 Å². The first-order valence-electron chi connectivity index (χ1n) is 11.8. The number of anilines is 3. The third kappa shape index (κ3) is 4.91. The second-order valence-corrected chi connectivity index (χ2v) is 8.99. The summed E-state index contributed by atoms with van der Waals surface area (Å²) >= 11 is 0. The van der Waals surface area contributed by atoms with Crippen LogP contribution in [0.5, 0.6) is 0 Å². The van der Waals surface area contributed by atoms with Crippen LogP contribution in [0.4, 0.5) is 17.3 Å². The van der Waals surface area contributed by atoms with Gasteiger partial charge in [0.2, 0.25) is 0 Å². The molecular weight excluding hydrogens is 434 g/mol. The topological polar surface area (TPSA) is 126 Å². The van der Waals surface area contributed by atoms with E-state index in [2.05, 4.69) is 33.0 Å². The molecular formula is C24H33N7O3. The lowest BCUT2D eigenvalue weighted by Gasteiger charge is -2.28. The minimum absolute atomic E-state index is 0.0556. The third-order valence-corrected chi connectivity index (χ3v) is 6.50. The molecule has 0 radical (unpaired) electrons. The van der Waals surface area contributed by atoms with Gasteiger partial charge in [0.1, 0.15) is 22.9 Å². The Balaban J connectivity index is 0.00000133. The van der Waals surface area contributed by atoms with Gasteiger partial charge in [0.05, 0.1) is 6.20 Å². The summed E-state index contributed by atoms with van der Waals surface area (Å²) in [7, 11) is 2.78. The van der Waals surface area contributed by atoms with Gasteiger partial charge in [-0.05, 0) is 56.6 Å². The van der Waals surface area contributed by atoms with Crippen molar-refractivity contribution in [3.05, 3.63) is 46.5 Å². The summed E-state index contributed by atoms with van der Waals surface area (Å²) in [6, 6.07) is 5.92. The largest absolute Gasteiger partial charge is 0.400 e. The van der Waals surface area contributed by atoms with Crippen molar-refractivity contribution in [1.29, 1.82) is 0 Å². The second kappa shape index (κ2) is 10.3. The lowest BCUT2D eigenvalue weighted by Crippen LogP contribution is -2.28. The average Bonchev–Trinajstić information content (AvgIpc) is 3.56. The highest BCUT2D eigenvalue weighted by atomic mass is 16.2. The molecule has 0 saturated heterocycles. The van der Waals surface area contributed by atoms with Crippen molar-refractivity contribution in [3.63, 3.8) is 0 Å². The molecule has 0 spiro atoms. The molecule has 0 unspecified atom stereocenters. The van der Waals surface area contributed by atoms with Crippen molar-refractivity contribution in [1.82, 2.24) is 24.5 Å². The molecule has 1 amide bonds. The Morgan fingerprint density at radius 1 is 1.15 bits per heavy atom. The number of fused-ring (bicyclic) bond motifs is 1. The summed E-state index contributed by atoms with van der Waals surface area (Å²) < 4.78 is 3.44. The summed E-state index contributed by atoms with van der Waals surface area (Å²) in [6.07, 6.45) is 9.75. The van der Waals surface area contributed by atoms with E-state index in [-0.39, 0.29) is 23.6 Å². The molecule has 10 heteroatoms. The van der Waals surface area contributed by atoms with E-state index in [1.165, 1.54) is 6.20 Å². The van der Waals surface area contributed by atoms with Gasteiger partial charge in [-0.25, -0.2) is 4.98 Å². The fourth-order valence-corrected chi connectivity index (χ4v) is 4.41. The van der Waals surface area contributed by atoms with Crippen LogP contribution in [0, 0.1) is 5.92 Å². The van der Waals surface area contributed by atoms with Crippen LogP contribution in [-0.4, -0.2) is 50.4 Å². The highest BCUT2D eigenvalue weighted by Crippen LogP contribution is 2.31. The van der Waals surface area contributed by atoms with E-state index in [0.717, 1.165) is 51.6 Å². The number of aromatic nitrogens is 4. The van der Waals surface area contributed by atoms with Gasteiger partial charge < -0.3 is 25.6 Å². The van der Waals surface area contributed by atoms with Crippen molar-refractivity contribution < 1.29 is 9.90 Å². The maximum absolute atomic E-state index is 13.2. The molecule has 34 heavy (non-hydrogen) atoms. The van der Waals surface area contributed by atoms with Gasteiger partial charge in [-0.2, -0.15) is 9.61 Å². The van der Waals surface area contributed by atoms with E-state index in [1.807, 2.05) is 16.8 Å². The fourth-order valence-electron chi connectivity index (χ4n) is 4.41. The van der Waals surface area contributed by atoms with Crippen LogP contribution in [0.15, 0.2) is 35.4 Å². The zero-order valence-corrected chi connectivity index (χ0v) is 19.9. The molecule has 10 nitrogen and oxygen atoms in total. The van der Waals surface area contributed by atoms with E-state index in [0.29, 0.717) is 28.5 Å². The highest BCUT2D eigenvalue weighted by Gasteiger charge is 2.26. The minimum atomic E-state index is -0.178. The zero-order chi connectivity index (χ0) is 24.2. The lowest BCUT2D eigenvalue weighted by molar-refractivity contribution is 0.0952. The summed E-state index contributed by atoms with van der Waals surface area (Å²) in [6.45, 7) is 2.27. The molecule has 3 aromatic rings. The van der Waals surface area contributed by atoms with Crippen LogP contribution in [0.1, 0.15) is 61.8 Å². The van der Waals surface area contributed by atoms with E-state index >= 15 is 0 Å². The Morgan fingerprint density at radius 3 is 2.56 bits per heavy atom. The second-order valence-electron chi connectivity index (χ2n) is 8.99. The number of hydrogen-bond donors (Lipinski definition) is 4. The molecule has 2 saturated carbocycles. The number of amides is 1. The van der Waals surface area contributed by atoms with Crippen molar-refractivity contribution in [2.24, 2.45) is 5.92 Å². The molecule has 0 aromatic carbocycles. The Bertz CT molecular complexity index is 1210. The molecule has 2 aliphatic carbocycles. The Morgan fingerprint density at radius 2 is 1.88 bits per heavy atom. The van der Waals surface area contributed by atoms with Crippen LogP contribution in [-0.2, 0) is 0 Å². The van der Waals surface area contributed by atoms with Gasteiger partial charge in [-0.1, -0.05) is 6.92 Å². The van der Waals surface area contributed by atoms with Crippen molar-refractivity contribution >= 4 is 28.9 Å². The molecule has 0 aliphatic heterocycles. The van der Waals surface area contributed by atoms with Crippen LogP contribution in [0.2, 0.25) is 0 Å². The number of nitrogens with zero attached hydrogens (tertiary/aromatic N) is 4. The van der Waals surface area contributed by atoms with Gasteiger partial charge in [-0.3, -0.25) is 9.59 Å². The van der Waals surface area contributed by atoms with E-state index in [4.69, 9.17) is 5.11 Å². The van der Waals surface area contributed by atoms with Crippen LogP contribution in [0.3, 0.4) is 0 Å². The van der Waals surface area contributed by atoms with Gasteiger partial charge in [0.25, 0.3) is 11.5 Å². The number of carbonyl (C=O) groups is 1. The maximum Gasteiger partial charge on any atom is 0.274 e. The number of aliphatic hydroxyl groups excluding tert-OH is 1. The quantitative estimate of drug-likeness (QED) is 0.439. The number of pyridine rings is 1. The number of hydrogen-bond acceptors (Lipinski definition) is 7. The van der Waals surface area contributed by atoms with E-state index in [9.17, 15) is 9.59 Å². The number of rotatable bonds is 6. The monoisotopic (exact) mass is 467 g/mol. The molecule has 5 rings (SSSR count). The van der Waals surface area contributed by atoms with Gasteiger partial charge in [-0.15, -0.1) is 0 Å². The molecule has 2 aliphatic rings. The Kier molecular flexibility index (Phi) is 7.16. The number of nitrogens with one attached hydrogen (secondary N) is 3. The third-order valence-electron chi connectivity index (χ3n) is 6.50. The highest BCUT2D eigenvalue weighted by molar-refractivity contribution is 6.00. The summed E-state index contributed by atoms with van der Waals surface area (Å²) in [5, 5.41) is 20.6. The number of carbonyl (C=O) groups excluding carboxylic acids is 1. The first kappa shape index (κ1) is 23.7. The van der Waals surface area contributed by atoms with Crippen LogP contribution in [0.25, 0.3) is 5.65 Å². The predicted molar refractivity (Wildman–Crippen MR) is 132 cm³/mol.